The smallest absolute Gasteiger partial charge is 0.238 e. The van der Waals surface area contributed by atoms with Crippen LogP contribution >= 0.6 is 22.6 Å². The van der Waals surface area contributed by atoms with Crippen molar-refractivity contribution in [3.8, 4) is 0 Å². The van der Waals surface area contributed by atoms with E-state index in [-0.39, 0.29) is 11.8 Å². The summed E-state index contributed by atoms with van der Waals surface area (Å²) < 4.78 is 1.16. The summed E-state index contributed by atoms with van der Waals surface area (Å²) in [6.45, 7) is 7.48. The van der Waals surface area contributed by atoms with Crippen LogP contribution in [0.1, 0.15) is 19.4 Å². The molecule has 1 aromatic carbocycles. The number of hydrogen-bond donors (Lipinski definition) is 2. The third-order valence-corrected chi connectivity index (χ3v) is 4.57. The van der Waals surface area contributed by atoms with Gasteiger partial charge in [-0.3, -0.25) is 9.69 Å². The summed E-state index contributed by atoms with van der Waals surface area (Å²) in [5, 5.41) is 13.1. The Hall–Kier alpha value is -0.660. The predicted octanol–water partition coefficient (Wildman–Crippen LogP) is 2.24. The van der Waals surface area contributed by atoms with Crippen LogP contribution in [0.2, 0.25) is 0 Å². The fraction of sp³-hybridized carbons (Fsp3) is 0.533. The molecule has 0 unspecified atom stereocenters. The molecule has 0 saturated carbocycles. The summed E-state index contributed by atoms with van der Waals surface area (Å²) in [5.41, 5.74) is 1.29. The van der Waals surface area contributed by atoms with Gasteiger partial charge in [0.25, 0.3) is 0 Å². The van der Waals surface area contributed by atoms with Crippen molar-refractivity contribution in [3.05, 3.63) is 27.3 Å². The van der Waals surface area contributed by atoms with E-state index in [0.29, 0.717) is 19.6 Å². The highest BCUT2D eigenvalue weighted by atomic mass is 127. The molecule has 0 radical (unpaired) electrons. The van der Waals surface area contributed by atoms with Gasteiger partial charge in [-0.25, -0.2) is 0 Å². The van der Waals surface area contributed by atoms with Gasteiger partial charge in [0.1, 0.15) is 0 Å². The first kappa shape index (κ1) is 15.7. The summed E-state index contributed by atoms with van der Waals surface area (Å²) in [5.74, 6) is 0.195. The van der Waals surface area contributed by atoms with Crippen molar-refractivity contribution in [1.82, 2.24) is 4.90 Å². The van der Waals surface area contributed by atoms with E-state index in [0.717, 1.165) is 14.8 Å². The second kappa shape index (κ2) is 5.99. The quantitative estimate of drug-likeness (QED) is 0.779. The number of amides is 1. The van der Waals surface area contributed by atoms with E-state index in [1.54, 1.807) is 0 Å². The van der Waals surface area contributed by atoms with Crippen LogP contribution in [0, 0.1) is 16.4 Å². The Kier molecular flexibility index (Phi) is 4.71. The van der Waals surface area contributed by atoms with Crippen molar-refractivity contribution in [2.75, 3.05) is 25.0 Å². The summed E-state index contributed by atoms with van der Waals surface area (Å²) in [6, 6.07) is 5.94. The van der Waals surface area contributed by atoms with Crippen molar-refractivity contribution < 1.29 is 9.90 Å². The molecule has 20 heavy (non-hydrogen) atoms. The molecule has 1 aliphatic rings. The summed E-state index contributed by atoms with van der Waals surface area (Å²) >= 11 is 2.25. The molecule has 1 fully saturated rings. The van der Waals surface area contributed by atoms with Gasteiger partial charge in [-0.1, -0.05) is 13.8 Å². The van der Waals surface area contributed by atoms with Crippen LogP contribution in [-0.2, 0) is 4.79 Å². The topological polar surface area (TPSA) is 52.6 Å². The number of carbonyl (C=O) groups excluding carboxylic acids is 1. The third-order valence-electron chi connectivity index (χ3n) is 3.90. The molecule has 1 amide bonds. The maximum absolute atomic E-state index is 12.0. The summed E-state index contributed by atoms with van der Waals surface area (Å²) in [7, 11) is 0. The molecule has 5 heteroatoms. The molecule has 1 saturated heterocycles. The van der Waals surface area contributed by atoms with Crippen LogP contribution in [0.25, 0.3) is 0 Å². The molecule has 1 heterocycles. The van der Waals surface area contributed by atoms with Crippen molar-refractivity contribution in [2.24, 2.45) is 5.92 Å². The lowest BCUT2D eigenvalue weighted by Gasteiger charge is -2.48. The Labute approximate surface area is 133 Å². The van der Waals surface area contributed by atoms with Gasteiger partial charge in [0.05, 0.1) is 12.1 Å². The van der Waals surface area contributed by atoms with Gasteiger partial charge in [0.2, 0.25) is 5.91 Å². The number of rotatable bonds is 4. The second-order valence-corrected chi connectivity index (χ2v) is 7.16. The number of β-amino-alcohol motifs (C(OH)–C–C–N with tert-alkyl or cyclic N) is 1. The Balaban J connectivity index is 1.85. The maximum Gasteiger partial charge on any atom is 0.238 e. The molecule has 1 aromatic rings. The fourth-order valence-electron chi connectivity index (χ4n) is 2.37. The molecule has 2 rings (SSSR count). The standard InChI is InChI=1S/C15H21IN2O2/c1-10(2)15(20)8-18(9-15)7-14(19)17-13-5-4-12(16)6-11(13)3/h4-6,10,20H,7-9H2,1-3H3,(H,17,19). The molecule has 0 aliphatic carbocycles. The number of aliphatic hydroxyl groups is 1. The minimum Gasteiger partial charge on any atom is -0.387 e. The Morgan fingerprint density at radius 2 is 2.15 bits per heavy atom. The lowest BCUT2D eigenvalue weighted by atomic mass is 9.83. The SMILES string of the molecule is Cc1cc(I)ccc1NC(=O)CN1CC(O)(C(C)C)C1. The number of benzene rings is 1. The van der Waals surface area contributed by atoms with Gasteiger partial charge in [-0.2, -0.15) is 0 Å². The van der Waals surface area contributed by atoms with E-state index >= 15 is 0 Å². The molecular formula is C15H21IN2O2. The molecule has 0 atom stereocenters. The van der Waals surface area contributed by atoms with Gasteiger partial charge in [0, 0.05) is 22.3 Å². The van der Waals surface area contributed by atoms with Crippen LogP contribution in [0.4, 0.5) is 5.69 Å². The minimum absolute atomic E-state index is 0.0277. The first-order valence-electron chi connectivity index (χ1n) is 6.81. The maximum atomic E-state index is 12.0. The van der Waals surface area contributed by atoms with Crippen LogP contribution in [0.3, 0.4) is 0 Å². The minimum atomic E-state index is -0.626. The van der Waals surface area contributed by atoms with E-state index in [1.165, 1.54) is 0 Å². The second-order valence-electron chi connectivity index (χ2n) is 5.91. The predicted molar refractivity (Wildman–Crippen MR) is 88.8 cm³/mol. The van der Waals surface area contributed by atoms with Gasteiger partial charge >= 0.3 is 0 Å². The average Bonchev–Trinajstić information content (AvgIpc) is 2.30. The van der Waals surface area contributed by atoms with Crippen molar-refractivity contribution in [3.63, 3.8) is 0 Å². The van der Waals surface area contributed by atoms with E-state index in [9.17, 15) is 9.90 Å². The number of anilines is 1. The Morgan fingerprint density at radius 3 is 2.70 bits per heavy atom. The largest absolute Gasteiger partial charge is 0.387 e. The van der Waals surface area contributed by atoms with Crippen LogP contribution in [-0.4, -0.2) is 41.1 Å². The molecule has 0 spiro atoms. The molecule has 0 aromatic heterocycles. The zero-order chi connectivity index (χ0) is 14.9. The Morgan fingerprint density at radius 1 is 1.50 bits per heavy atom. The lowest BCUT2D eigenvalue weighted by Crippen LogP contribution is -2.65. The lowest BCUT2D eigenvalue weighted by molar-refractivity contribution is -0.139. The number of nitrogens with one attached hydrogen (secondary N) is 1. The zero-order valence-electron chi connectivity index (χ0n) is 12.1. The number of nitrogens with zero attached hydrogens (tertiary/aromatic N) is 1. The first-order chi connectivity index (χ1) is 9.30. The van der Waals surface area contributed by atoms with Gasteiger partial charge < -0.3 is 10.4 Å². The van der Waals surface area contributed by atoms with E-state index in [4.69, 9.17) is 0 Å². The molecule has 0 bridgehead atoms. The van der Waals surface area contributed by atoms with Gasteiger partial charge in [0.15, 0.2) is 0 Å². The molecule has 4 nitrogen and oxygen atoms in total. The van der Waals surface area contributed by atoms with E-state index < -0.39 is 5.60 Å². The monoisotopic (exact) mass is 388 g/mol. The van der Waals surface area contributed by atoms with Crippen molar-refractivity contribution in [2.45, 2.75) is 26.4 Å². The van der Waals surface area contributed by atoms with E-state index in [1.807, 2.05) is 43.9 Å². The van der Waals surface area contributed by atoms with Crippen LogP contribution in [0.15, 0.2) is 18.2 Å². The number of hydrogen-bond acceptors (Lipinski definition) is 3. The molecule has 110 valence electrons. The van der Waals surface area contributed by atoms with Crippen molar-refractivity contribution in [1.29, 1.82) is 0 Å². The zero-order valence-corrected chi connectivity index (χ0v) is 14.3. The summed E-state index contributed by atoms with van der Waals surface area (Å²) in [4.78, 5) is 14.0. The molecular weight excluding hydrogens is 367 g/mol. The van der Waals surface area contributed by atoms with Gasteiger partial charge in [-0.05, 0) is 59.2 Å². The highest BCUT2D eigenvalue weighted by molar-refractivity contribution is 14.1. The normalized spacial score (nSPS) is 17.9. The number of likely N-dealkylation sites (tertiary alicyclic amines) is 1. The molecule has 1 aliphatic heterocycles. The molecule has 2 N–H and O–H groups in total. The Bertz CT molecular complexity index is 511. The summed E-state index contributed by atoms with van der Waals surface area (Å²) in [6.07, 6.45) is 0. The fourth-order valence-corrected chi connectivity index (χ4v) is 3.01. The van der Waals surface area contributed by atoms with Gasteiger partial charge in [-0.15, -0.1) is 0 Å². The average molecular weight is 388 g/mol. The van der Waals surface area contributed by atoms with Crippen LogP contribution in [0.5, 0.6) is 0 Å². The number of carbonyl (C=O) groups is 1. The third kappa shape index (κ3) is 3.51. The van der Waals surface area contributed by atoms with E-state index in [2.05, 4.69) is 27.9 Å². The number of aryl methyl sites for hydroxylation is 1. The number of halogens is 1. The van der Waals surface area contributed by atoms with Crippen molar-refractivity contribution >= 4 is 34.2 Å². The first-order valence-corrected chi connectivity index (χ1v) is 7.89. The highest BCUT2D eigenvalue weighted by Crippen LogP contribution is 2.28. The highest BCUT2D eigenvalue weighted by Gasteiger charge is 2.43. The van der Waals surface area contributed by atoms with Crippen LogP contribution < -0.4 is 5.32 Å².